The van der Waals surface area contributed by atoms with Gasteiger partial charge < -0.3 is 25.8 Å². The summed E-state index contributed by atoms with van der Waals surface area (Å²) in [6.45, 7) is 6.43. The molecule has 0 radical (unpaired) electrons. The zero-order valence-corrected chi connectivity index (χ0v) is 23.7. The Labute approximate surface area is 239 Å². The molecule has 3 heterocycles. The smallest absolute Gasteiger partial charge is 0.255 e. The minimum atomic E-state index is -0.744. The number of hydrogen-bond acceptors (Lipinski definition) is 6. The maximum absolute atomic E-state index is 13.4. The molecule has 0 spiro atoms. The first-order valence-electron chi connectivity index (χ1n) is 14.0. The van der Waals surface area contributed by atoms with Gasteiger partial charge in [0.2, 0.25) is 17.7 Å². The van der Waals surface area contributed by atoms with Crippen LogP contribution in [0.2, 0.25) is 0 Å². The maximum atomic E-state index is 13.4. The minimum absolute atomic E-state index is 0.118. The number of carbonyl (C=O) groups is 4. The van der Waals surface area contributed by atoms with Gasteiger partial charge in [0.05, 0.1) is 11.6 Å². The Morgan fingerprint density at radius 1 is 1.05 bits per heavy atom. The van der Waals surface area contributed by atoms with E-state index in [1.165, 1.54) is 4.68 Å². The molecule has 4 rings (SSSR count). The second-order valence-corrected chi connectivity index (χ2v) is 10.6. The van der Waals surface area contributed by atoms with Gasteiger partial charge in [0.25, 0.3) is 5.91 Å². The number of rotatable bonds is 4. The van der Waals surface area contributed by atoms with Gasteiger partial charge in [0, 0.05) is 44.0 Å². The van der Waals surface area contributed by atoms with Gasteiger partial charge in [-0.25, -0.2) is 9.67 Å². The van der Waals surface area contributed by atoms with E-state index in [9.17, 15) is 19.2 Å². The van der Waals surface area contributed by atoms with Gasteiger partial charge in [-0.1, -0.05) is 44.2 Å². The average Bonchev–Trinajstić information content (AvgIpc) is 3.62. The maximum Gasteiger partial charge on any atom is 0.255 e. The van der Waals surface area contributed by atoms with Crippen molar-refractivity contribution in [2.45, 2.75) is 58.7 Å². The standard InChI is InChI=1S/C29H38N8O4/c1-19(2)16-23-28(40)32-20(3)27-34-26(21-8-5-4-6-9-21)35-37(27)18-25(39)31-13-15-36(14-7-10-24(38)33-23)29(41)22-11-12-30-17-22/h4-6,8-9,11-12,17,19-20,23,30H,7,10,13-16,18H2,1-3H3,(H,31,39)(H,32,40)(H,33,38)/t20-,23+/m0/s1. The molecule has 1 aliphatic rings. The summed E-state index contributed by atoms with van der Waals surface area (Å²) in [5, 5.41) is 13.3. The number of fused-ring (bicyclic) bond motifs is 1. The van der Waals surface area contributed by atoms with Crippen molar-refractivity contribution in [1.29, 1.82) is 0 Å². The van der Waals surface area contributed by atoms with Crippen molar-refractivity contribution in [3.8, 4) is 11.4 Å². The lowest BCUT2D eigenvalue weighted by molar-refractivity contribution is -0.129. The van der Waals surface area contributed by atoms with Gasteiger partial charge in [-0.2, -0.15) is 5.10 Å². The predicted molar refractivity (Wildman–Crippen MR) is 152 cm³/mol. The molecule has 0 aliphatic carbocycles. The fraction of sp³-hybridized carbons (Fsp3) is 0.448. The highest BCUT2D eigenvalue weighted by Gasteiger charge is 2.27. The molecule has 0 saturated heterocycles. The summed E-state index contributed by atoms with van der Waals surface area (Å²) in [6, 6.07) is 9.73. The lowest BCUT2D eigenvalue weighted by Crippen LogP contribution is -2.48. The fourth-order valence-corrected chi connectivity index (χ4v) is 4.76. The minimum Gasteiger partial charge on any atom is -0.367 e. The first-order valence-corrected chi connectivity index (χ1v) is 14.0. The predicted octanol–water partition coefficient (Wildman–Crippen LogP) is 2.03. The monoisotopic (exact) mass is 562 g/mol. The number of nitrogens with zero attached hydrogens (tertiary/aromatic N) is 4. The largest absolute Gasteiger partial charge is 0.367 e. The second kappa shape index (κ2) is 13.7. The van der Waals surface area contributed by atoms with Crippen LogP contribution in [0.1, 0.15) is 62.3 Å². The molecule has 4 N–H and O–H groups in total. The zero-order chi connectivity index (χ0) is 29.4. The van der Waals surface area contributed by atoms with E-state index in [1.807, 2.05) is 44.2 Å². The zero-order valence-electron chi connectivity index (χ0n) is 23.7. The molecule has 1 aliphatic heterocycles. The van der Waals surface area contributed by atoms with E-state index >= 15 is 0 Å². The highest BCUT2D eigenvalue weighted by Crippen LogP contribution is 2.19. The van der Waals surface area contributed by atoms with Crippen LogP contribution in [0.5, 0.6) is 0 Å². The number of aromatic amines is 1. The molecule has 218 valence electrons. The third kappa shape index (κ3) is 8.03. The summed E-state index contributed by atoms with van der Waals surface area (Å²) in [5.74, 6) is -0.109. The van der Waals surface area contributed by atoms with Crippen molar-refractivity contribution < 1.29 is 19.2 Å². The molecular weight excluding hydrogens is 524 g/mol. The Morgan fingerprint density at radius 3 is 2.54 bits per heavy atom. The molecule has 0 fully saturated rings. The Bertz CT molecular complexity index is 1340. The number of nitrogens with one attached hydrogen (secondary N) is 4. The second-order valence-electron chi connectivity index (χ2n) is 10.6. The SMILES string of the molecule is CC(C)C[C@H]1NC(=O)CCCN(C(=O)c2cc[nH]c2)CCNC(=O)Cn2nc(-c3ccccc3)nc2[C@H](C)NC1=O. The Kier molecular flexibility index (Phi) is 9.88. The first-order chi connectivity index (χ1) is 19.7. The van der Waals surface area contributed by atoms with Gasteiger partial charge in [0.15, 0.2) is 5.82 Å². The lowest BCUT2D eigenvalue weighted by atomic mass is 10.0. The normalized spacial score (nSPS) is 19.6. The van der Waals surface area contributed by atoms with Crippen molar-refractivity contribution in [1.82, 2.24) is 40.6 Å². The van der Waals surface area contributed by atoms with Crippen molar-refractivity contribution in [3.63, 3.8) is 0 Å². The molecule has 12 heteroatoms. The lowest BCUT2D eigenvalue weighted by Gasteiger charge is -2.23. The van der Waals surface area contributed by atoms with Gasteiger partial charge in [-0.3, -0.25) is 19.2 Å². The van der Waals surface area contributed by atoms with E-state index < -0.39 is 12.1 Å². The van der Waals surface area contributed by atoms with Gasteiger partial charge in [0.1, 0.15) is 18.4 Å². The summed E-state index contributed by atoms with van der Waals surface area (Å²) in [5.41, 5.74) is 1.27. The third-order valence-corrected chi connectivity index (χ3v) is 6.80. The van der Waals surface area contributed by atoms with Crippen LogP contribution in [-0.2, 0) is 20.9 Å². The molecule has 0 saturated carbocycles. The fourth-order valence-electron chi connectivity index (χ4n) is 4.76. The molecule has 0 bridgehead atoms. The molecular formula is C29H38N8O4. The van der Waals surface area contributed by atoms with Crippen LogP contribution >= 0.6 is 0 Å². The van der Waals surface area contributed by atoms with Crippen molar-refractivity contribution in [2.75, 3.05) is 19.6 Å². The molecule has 2 aromatic heterocycles. The summed E-state index contributed by atoms with van der Waals surface area (Å²) in [4.78, 5) is 61.5. The molecule has 2 atom stereocenters. The van der Waals surface area contributed by atoms with E-state index in [4.69, 9.17) is 0 Å². The van der Waals surface area contributed by atoms with E-state index in [-0.39, 0.29) is 55.6 Å². The molecule has 12 nitrogen and oxygen atoms in total. The van der Waals surface area contributed by atoms with Crippen LogP contribution in [0.4, 0.5) is 0 Å². The van der Waals surface area contributed by atoms with E-state index in [1.54, 1.807) is 30.3 Å². The van der Waals surface area contributed by atoms with E-state index in [2.05, 4.69) is 31.0 Å². The van der Waals surface area contributed by atoms with Crippen LogP contribution in [0, 0.1) is 5.92 Å². The topological polar surface area (TPSA) is 154 Å². The first kappa shape index (κ1) is 29.5. The number of H-pyrrole nitrogens is 1. The van der Waals surface area contributed by atoms with Gasteiger partial charge >= 0.3 is 0 Å². The number of aromatic nitrogens is 4. The van der Waals surface area contributed by atoms with Gasteiger partial charge in [-0.15, -0.1) is 0 Å². The Morgan fingerprint density at radius 2 is 1.83 bits per heavy atom. The van der Waals surface area contributed by atoms with Crippen LogP contribution < -0.4 is 16.0 Å². The highest BCUT2D eigenvalue weighted by molar-refractivity contribution is 5.94. The summed E-state index contributed by atoms with van der Waals surface area (Å²) in [6.07, 6.45) is 4.29. The molecule has 41 heavy (non-hydrogen) atoms. The third-order valence-electron chi connectivity index (χ3n) is 6.80. The van der Waals surface area contributed by atoms with E-state index in [0.29, 0.717) is 36.6 Å². The van der Waals surface area contributed by atoms with Gasteiger partial charge in [-0.05, 0) is 31.7 Å². The van der Waals surface area contributed by atoms with Crippen molar-refractivity contribution in [2.24, 2.45) is 5.92 Å². The van der Waals surface area contributed by atoms with Crippen LogP contribution in [0.3, 0.4) is 0 Å². The number of benzene rings is 1. The number of hydrogen-bond donors (Lipinski definition) is 4. The molecule has 3 aromatic rings. The van der Waals surface area contributed by atoms with Crippen LogP contribution in [-0.4, -0.2) is 74.0 Å². The van der Waals surface area contributed by atoms with Crippen molar-refractivity contribution in [3.05, 3.63) is 60.2 Å². The Hall–Kier alpha value is -4.48. The summed E-state index contributed by atoms with van der Waals surface area (Å²) in [7, 11) is 0. The van der Waals surface area contributed by atoms with Crippen LogP contribution in [0.15, 0.2) is 48.8 Å². The number of carbonyl (C=O) groups excluding carboxylic acids is 4. The molecule has 1 aromatic carbocycles. The summed E-state index contributed by atoms with van der Waals surface area (Å²) >= 11 is 0. The quantitative estimate of drug-likeness (QED) is 0.382. The van der Waals surface area contributed by atoms with Crippen molar-refractivity contribution >= 4 is 23.6 Å². The summed E-state index contributed by atoms with van der Waals surface area (Å²) < 4.78 is 1.49. The molecule has 0 unspecified atom stereocenters. The van der Waals surface area contributed by atoms with Crippen LogP contribution in [0.25, 0.3) is 11.4 Å². The van der Waals surface area contributed by atoms with E-state index in [0.717, 1.165) is 5.56 Å². The Balaban J connectivity index is 1.62. The number of amides is 4. The molecule has 4 amide bonds. The highest BCUT2D eigenvalue weighted by atomic mass is 16.2. The average molecular weight is 563 g/mol.